The summed E-state index contributed by atoms with van der Waals surface area (Å²) in [4.78, 5) is 6.26. The highest BCUT2D eigenvalue weighted by atomic mass is 19.1. The van der Waals surface area contributed by atoms with Gasteiger partial charge < -0.3 is 14.1 Å². The Hall–Kier alpha value is -2.82. The van der Waals surface area contributed by atoms with Gasteiger partial charge in [-0.15, -0.1) is 0 Å². The van der Waals surface area contributed by atoms with Gasteiger partial charge in [0.25, 0.3) is 0 Å². The van der Waals surface area contributed by atoms with E-state index in [0.29, 0.717) is 18.1 Å². The van der Waals surface area contributed by atoms with E-state index in [9.17, 15) is 4.39 Å². The zero-order chi connectivity index (χ0) is 16.2. The smallest absolute Gasteiger partial charge is 0.226 e. The molecule has 0 fully saturated rings. The second-order valence-electron chi connectivity index (χ2n) is 5.18. The van der Waals surface area contributed by atoms with Crippen molar-refractivity contribution in [1.29, 1.82) is 0 Å². The average Bonchev–Trinajstić information content (AvgIpc) is 3.03. The number of anilines is 1. The molecule has 1 heterocycles. The summed E-state index contributed by atoms with van der Waals surface area (Å²) in [6, 6.07) is 14.1. The maximum absolute atomic E-state index is 13.8. The first kappa shape index (κ1) is 15.1. The Morgan fingerprint density at radius 3 is 2.57 bits per heavy atom. The van der Waals surface area contributed by atoms with Crippen molar-refractivity contribution in [1.82, 2.24) is 4.98 Å². The van der Waals surface area contributed by atoms with E-state index in [1.807, 2.05) is 31.3 Å². The number of hydrogen-bond donors (Lipinski definition) is 0. The zero-order valence-electron chi connectivity index (χ0n) is 13.0. The molecule has 3 rings (SSSR count). The van der Waals surface area contributed by atoms with Gasteiger partial charge in [0, 0.05) is 12.6 Å². The molecule has 0 saturated carbocycles. The normalized spacial score (nSPS) is 10.6. The van der Waals surface area contributed by atoms with Crippen molar-refractivity contribution in [2.75, 3.05) is 19.1 Å². The molecule has 0 aliphatic heterocycles. The van der Waals surface area contributed by atoms with Crippen LogP contribution < -0.4 is 9.64 Å². The first-order chi connectivity index (χ1) is 11.2. The molecule has 0 radical (unpaired) electrons. The first-order valence-electron chi connectivity index (χ1n) is 7.22. The van der Waals surface area contributed by atoms with E-state index >= 15 is 0 Å². The Balaban J connectivity index is 1.75. The third kappa shape index (κ3) is 3.34. The summed E-state index contributed by atoms with van der Waals surface area (Å²) in [5.74, 6) is 1.05. The highest BCUT2D eigenvalue weighted by Gasteiger charge is 2.11. The lowest BCUT2D eigenvalue weighted by Gasteiger charge is -2.18. The van der Waals surface area contributed by atoms with Gasteiger partial charge in [0.1, 0.15) is 17.8 Å². The molecule has 0 N–H and O–H groups in total. The number of nitrogens with zero attached hydrogens (tertiary/aromatic N) is 2. The van der Waals surface area contributed by atoms with Gasteiger partial charge in [0.2, 0.25) is 5.89 Å². The third-order valence-corrected chi connectivity index (χ3v) is 3.55. The molecule has 23 heavy (non-hydrogen) atoms. The van der Waals surface area contributed by atoms with Crippen LogP contribution in [0, 0.1) is 5.82 Å². The van der Waals surface area contributed by atoms with Gasteiger partial charge in [-0.2, -0.15) is 0 Å². The van der Waals surface area contributed by atoms with E-state index in [1.54, 1.807) is 36.5 Å². The molecule has 118 valence electrons. The van der Waals surface area contributed by atoms with E-state index in [4.69, 9.17) is 9.15 Å². The second-order valence-corrected chi connectivity index (χ2v) is 5.18. The Morgan fingerprint density at radius 1 is 1.13 bits per heavy atom. The van der Waals surface area contributed by atoms with E-state index in [1.165, 1.54) is 6.07 Å². The predicted octanol–water partition coefficient (Wildman–Crippen LogP) is 4.13. The van der Waals surface area contributed by atoms with Crippen molar-refractivity contribution in [3.05, 3.63) is 66.3 Å². The summed E-state index contributed by atoms with van der Waals surface area (Å²) in [5.41, 5.74) is 2.13. The first-order valence-corrected chi connectivity index (χ1v) is 7.22. The maximum atomic E-state index is 13.8. The van der Waals surface area contributed by atoms with Crippen LogP contribution in [0.25, 0.3) is 11.5 Å². The summed E-state index contributed by atoms with van der Waals surface area (Å²) in [6.45, 7) is 0.459. The zero-order valence-corrected chi connectivity index (χ0v) is 13.0. The van der Waals surface area contributed by atoms with Crippen molar-refractivity contribution in [2.45, 2.75) is 6.54 Å². The van der Waals surface area contributed by atoms with Crippen LogP contribution in [-0.2, 0) is 6.54 Å². The Labute approximate surface area is 134 Å². The van der Waals surface area contributed by atoms with Crippen molar-refractivity contribution in [3.8, 4) is 17.2 Å². The predicted molar refractivity (Wildman–Crippen MR) is 87.0 cm³/mol. The number of halogens is 1. The van der Waals surface area contributed by atoms with E-state index in [0.717, 1.165) is 17.0 Å². The summed E-state index contributed by atoms with van der Waals surface area (Å²) in [6.07, 6.45) is 1.59. The fourth-order valence-electron chi connectivity index (χ4n) is 2.34. The molecular weight excluding hydrogens is 295 g/mol. The highest BCUT2D eigenvalue weighted by molar-refractivity contribution is 5.55. The van der Waals surface area contributed by atoms with Crippen LogP contribution in [0.2, 0.25) is 0 Å². The number of oxazole rings is 1. The van der Waals surface area contributed by atoms with E-state index < -0.39 is 0 Å². The summed E-state index contributed by atoms with van der Waals surface area (Å²) in [7, 11) is 3.44. The van der Waals surface area contributed by atoms with Crippen LogP contribution >= 0.6 is 0 Å². The SMILES string of the molecule is COc1ccc(-c2nc(CN(C)c3ccccc3F)co2)cc1. The van der Waals surface area contributed by atoms with Crippen LogP contribution in [0.1, 0.15) is 5.69 Å². The van der Waals surface area contributed by atoms with Crippen molar-refractivity contribution >= 4 is 5.69 Å². The fourth-order valence-corrected chi connectivity index (χ4v) is 2.34. The number of hydrogen-bond acceptors (Lipinski definition) is 4. The van der Waals surface area contributed by atoms with Gasteiger partial charge in [-0.05, 0) is 36.4 Å². The molecule has 2 aromatic carbocycles. The monoisotopic (exact) mass is 312 g/mol. The number of methoxy groups -OCH3 is 1. The van der Waals surface area contributed by atoms with Gasteiger partial charge in [-0.25, -0.2) is 9.37 Å². The number of ether oxygens (including phenoxy) is 1. The molecule has 4 nitrogen and oxygen atoms in total. The summed E-state index contributed by atoms with van der Waals surface area (Å²) in [5, 5.41) is 0. The van der Waals surface area contributed by atoms with Gasteiger partial charge in [-0.1, -0.05) is 12.1 Å². The Bertz CT molecular complexity index is 784. The van der Waals surface area contributed by atoms with Crippen molar-refractivity contribution in [2.24, 2.45) is 0 Å². The Kier molecular flexibility index (Phi) is 4.28. The molecule has 0 spiro atoms. The van der Waals surface area contributed by atoms with Crippen LogP contribution in [0.15, 0.2) is 59.2 Å². The van der Waals surface area contributed by atoms with Gasteiger partial charge >= 0.3 is 0 Å². The highest BCUT2D eigenvalue weighted by Crippen LogP contribution is 2.23. The van der Waals surface area contributed by atoms with E-state index in [2.05, 4.69) is 4.98 Å². The number of rotatable bonds is 5. The molecule has 1 aromatic heterocycles. The van der Waals surface area contributed by atoms with Gasteiger partial charge in [0.15, 0.2) is 0 Å². The van der Waals surface area contributed by atoms with Crippen LogP contribution in [-0.4, -0.2) is 19.1 Å². The van der Waals surface area contributed by atoms with E-state index in [-0.39, 0.29) is 5.82 Å². The average molecular weight is 312 g/mol. The lowest BCUT2D eigenvalue weighted by molar-refractivity contribution is 0.415. The minimum absolute atomic E-state index is 0.256. The molecular formula is C18H17FN2O2. The molecule has 0 aliphatic carbocycles. The van der Waals surface area contributed by atoms with Crippen molar-refractivity contribution in [3.63, 3.8) is 0 Å². The van der Waals surface area contributed by atoms with Crippen LogP contribution in [0.4, 0.5) is 10.1 Å². The summed E-state index contributed by atoms with van der Waals surface area (Å²) >= 11 is 0. The third-order valence-electron chi connectivity index (χ3n) is 3.55. The molecule has 0 aliphatic rings. The van der Waals surface area contributed by atoms with Crippen LogP contribution in [0.5, 0.6) is 5.75 Å². The minimum atomic E-state index is -0.256. The topological polar surface area (TPSA) is 38.5 Å². The van der Waals surface area contributed by atoms with Gasteiger partial charge in [0.05, 0.1) is 25.0 Å². The van der Waals surface area contributed by atoms with Crippen LogP contribution in [0.3, 0.4) is 0 Å². The standard InChI is InChI=1S/C18H17FN2O2/c1-21(17-6-4-3-5-16(17)19)11-14-12-23-18(20-14)13-7-9-15(22-2)10-8-13/h3-10,12H,11H2,1-2H3. The summed E-state index contributed by atoms with van der Waals surface area (Å²) < 4.78 is 24.4. The lowest BCUT2D eigenvalue weighted by Crippen LogP contribution is -2.17. The maximum Gasteiger partial charge on any atom is 0.226 e. The lowest BCUT2D eigenvalue weighted by atomic mass is 10.2. The number of benzene rings is 2. The molecule has 0 bridgehead atoms. The largest absolute Gasteiger partial charge is 0.497 e. The van der Waals surface area contributed by atoms with Crippen molar-refractivity contribution < 1.29 is 13.5 Å². The minimum Gasteiger partial charge on any atom is -0.497 e. The Morgan fingerprint density at radius 2 is 1.87 bits per heavy atom. The molecule has 0 amide bonds. The van der Waals surface area contributed by atoms with Gasteiger partial charge in [-0.3, -0.25) is 0 Å². The molecule has 0 unspecified atom stereocenters. The number of aromatic nitrogens is 1. The number of para-hydroxylation sites is 1. The molecule has 5 heteroatoms. The fraction of sp³-hybridized carbons (Fsp3) is 0.167. The second kappa shape index (κ2) is 6.52. The molecule has 3 aromatic rings. The molecule has 0 atom stereocenters. The quantitative estimate of drug-likeness (QED) is 0.710. The molecule has 0 saturated heterocycles.